The molecule has 1 aromatic carbocycles. The number of nitrogens with zero attached hydrogens (tertiary/aromatic N) is 1. The second kappa shape index (κ2) is 6.09. The van der Waals surface area contributed by atoms with Crippen LogP contribution in [0, 0.1) is 0 Å². The van der Waals surface area contributed by atoms with Gasteiger partial charge in [0.15, 0.2) is 11.5 Å². The SMILES string of the molecule is O=C(/C=C/c1cccnc1)NCc1ccc2c(c1)OCO2. The Hall–Kier alpha value is -2.82. The minimum Gasteiger partial charge on any atom is -0.454 e. The van der Waals surface area contributed by atoms with Crippen LogP contribution in [0.5, 0.6) is 11.5 Å². The summed E-state index contributed by atoms with van der Waals surface area (Å²) in [4.78, 5) is 15.7. The first-order valence-electron chi connectivity index (χ1n) is 6.56. The van der Waals surface area contributed by atoms with Crippen LogP contribution in [0.4, 0.5) is 0 Å². The van der Waals surface area contributed by atoms with Crippen LogP contribution in [0.2, 0.25) is 0 Å². The first kappa shape index (κ1) is 13.2. The number of rotatable bonds is 4. The maximum absolute atomic E-state index is 11.7. The zero-order valence-electron chi connectivity index (χ0n) is 11.3. The molecule has 1 aliphatic heterocycles. The molecule has 0 unspecified atom stereocenters. The van der Waals surface area contributed by atoms with E-state index in [-0.39, 0.29) is 12.7 Å². The lowest BCUT2D eigenvalue weighted by Crippen LogP contribution is -2.20. The summed E-state index contributed by atoms with van der Waals surface area (Å²) in [6.07, 6.45) is 6.60. The minimum atomic E-state index is -0.156. The number of carbonyl (C=O) groups is 1. The summed E-state index contributed by atoms with van der Waals surface area (Å²) < 4.78 is 10.5. The molecule has 3 rings (SSSR count). The number of pyridine rings is 1. The number of aromatic nitrogens is 1. The summed E-state index contributed by atoms with van der Waals surface area (Å²) in [6.45, 7) is 0.686. The van der Waals surface area contributed by atoms with Crippen LogP contribution in [0.1, 0.15) is 11.1 Å². The summed E-state index contributed by atoms with van der Waals surface area (Å²) in [5, 5.41) is 2.82. The highest BCUT2D eigenvalue weighted by molar-refractivity contribution is 5.91. The molecule has 1 amide bonds. The molecular weight excluding hydrogens is 268 g/mol. The maximum Gasteiger partial charge on any atom is 0.244 e. The molecule has 2 heterocycles. The van der Waals surface area contributed by atoms with Gasteiger partial charge >= 0.3 is 0 Å². The Morgan fingerprint density at radius 2 is 2.19 bits per heavy atom. The van der Waals surface area contributed by atoms with Gasteiger partial charge in [-0.05, 0) is 35.4 Å². The van der Waals surface area contributed by atoms with Crippen molar-refractivity contribution in [3.8, 4) is 11.5 Å². The predicted molar refractivity (Wildman–Crippen MR) is 77.7 cm³/mol. The van der Waals surface area contributed by atoms with Gasteiger partial charge in [-0.15, -0.1) is 0 Å². The lowest BCUT2D eigenvalue weighted by Gasteiger charge is -2.04. The highest BCUT2D eigenvalue weighted by atomic mass is 16.7. The number of amides is 1. The van der Waals surface area contributed by atoms with Crippen LogP contribution >= 0.6 is 0 Å². The van der Waals surface area contributed by atoms with Crippen molar-refractivity contribution in [3.05, 3.63) is 59.9 Å². The van der Waals surface area contributed by atoms with E-state index < -0.39 is 0 Å². The summed E-state index contributed by atoms with van der Waals surface area (Å²) in [6, 6.07) is 9.32. The Labute approximate surface area is 122 Å². The fraction of sp³-hybridized carbons (Fsp3) is 0.125. The van der Waals surface area contributed by atoms with Crippen molar-refractivity contribution < 1.29 is 14.3 Å². The fourth-order valence-corrected chi connectivity index (χ4v) is 1.95. The van der Waals surface area contributed by atoms with Crippen molar-refractivity contribution in [2.75, 3.05) is 6.79 Å². The number of hydrogen-bond donors (Lipinski definition) is 1. The van der Waals surface area contributed by atoms with Crippen molar-refractivity contribution in [3.63, 3.8) is 0 Å². The Morgan fingerprint density at radius 3 is 3.05 bits per heavy atom. The summed E-state index contributed by atoms with van der Waals surface area (Å²) in [5.41, 5.74) is 1.85. The quantitative estimate of drug-likeness (QED) is 0.873. The maximum atomic E-state index is 11.7. The summed E-state index contributed by atoms with van der Waals surface area (Å²) in [5.74, 6) is 1.30. The molecule has 0 fully saturated rings. The van der Waals surface area contributed by atoms with Gasteiger partial charge in [0, 0.05) is 25.0 Å². The smallest absolute Gasteiger partial charge is 0.244 e. The molecule has 106 valence electrons. The van der Waals surface area contributed by atoms with Gasteiger partial charge in [0.05, 0.1) is 0 Å². The normalized spacial score (nSPS) is 12.6. The Morgan fingerprint density at radius 1 is 1.29 bits per heavy atom. The number of carbonyl (C=O) groups excluding carboxylic acids is 1. The fourth-order valence-electron chi connectivity index (χ4n) is 1.95. The molecule has 0 aliphatic carbocycles. The van der Waals surface area contributed by atoms with Gasteiger partial charge in [0.1, 0.15) is 0 Å². The van der Waals surface area contributed by atoms with Gasteiger partial charge < -0.3 is 14.8 Å². The Balaban J connectivity index is 1.55. The van der Waals surface area contributed by atoms with E-state index in [1.165, 1.54) is 6.08 Å². The molecule has 5 nitrogen and oxygen atoms in total. The van der Waals surface area contributed by atoms with E-state index in [0.717, 1.165) is 16.9 Å². The number of hydrogen-bond acceptors (Lipinski definition) is 4. The van der Waals surface area contributed by atoms with Crippen LogP contribution < -0.4 is 14.8 Å². The molecule has 21 heavy (non-hydrogen) atoms. The van der Waals surface area contributed by atoms with Crippen molar-refractivity contribution in [2.24, 2.45) is 0 Å². The standard InChI is InChI=1S/C16H14N2O3/c19-16(6-4-12-2-1-7-17-9-12)18-10-13-3-5-14-15(8-13)21-11-20-14/h1-9H,10-11H2,(H,18,19)/b6-4+. The van der Waals surface area contributed by atoms with Crippen LogP contribution in [-0.2, 0) is 11.3 Å². The molecule has 5 heteroatoms. The van der Waals surface area contributed by atoms with Gasteiger partial charge in [-0.1, -0.05) is 12.1 Å². The summed E-state index contributed by atoms with van der Waals surface area (Å²) in [7, 11) is 0. The van der Waals surface area contributed by atoms with Crippen molar-refractivity contribution in [1.29, 1.82) is 0 Å². The van der Waals surface area contributed by atoms with Crippen LogP contribution in [-0.4, -0.2) is 17.7 Å². The second-order valence-corrected chi connectivity index (χ2v) is 4.53. The highest BCUT2D eigenvalue weighted by Crippen LogP contribution is 2.32. The van der Waals surface area contributed by atoms with Gasteiger partial charge in [0.25, 0.3) is 0 Å². The molecule has 1 N–H and O–H groups in total. The average Bonchev–Trinajstić information content (AvgIpc) is 2.99. The molecular formula is C16H14N2O3. The lowest BCUT2D eigenvalue weighted by atomic mass is 10.2. The van der Waals surface area contributed by atoms with E-state index in [1.54, 1.807) is 18.5 Å². The molecule has 0 bridgehead atoms. The van der Waals surface area contributed by atoms with Gasteiger partial charge in [-0.3, -0.25) is 9.78 Å². The van der Waals surface area contributed by atoms with E-state index in [9.17, 15) is 4.79 Å². The molecule has 0 saturated carbocycles. The Bertz CT molecular complexity index is 668. The molecule has 0 radical (unpaired) electrons. The average molecular weight is 282 g/mol. The molecule has 1 aliphatic rings. The first-order valence-corrected chi connectivity index (χ1v) is 6.56. The predicted octanol–water partition coefficient (Wildman–Crippen LogP) is 2.14. The zero-order valence-corrected chi connectivity index (χ0v) is 11.3. The number of ether oxygens (including phenoxy) is 2. The summed E-state index contributed by atoms with van der Waals surface area (Å²) >= 11 is 0. The van der Waals surface area contributed by atoms with E-state index >= 15 is 0 Å². The third kappa shape index (κ3) is 3.39. The van der Waals surface area contributed by atoms with Gasteiger partial charge in [0.2, 0.25) is 12.7 Å². The number of nitrogens with one attached hydrogen (secondary N) is 1. The lowest BCUT2D eigenvalue weighted by molar-refractivity contribution is -0.116. The largest absolute Gasteiger partial charge is 0.454 e. The van der Waals surface area contributed by atoms with Gasteiger partial charge in [-0.2, -0.15) is 0 Å². The topological polar surface area (TPSA) is 60.5 Å². The van der Waals surface area contributed by atoms with Crippen molar-refractivity contribution >= 4 is 12.0 Å². The van der Waals surface area contributed by atoms with E-state index in [2.05, 4.69) is 10.3 Å². The zero-order chi connectivity index (χ0) is 14.5. The molecule has 0 atom stereocenters. The molecule has 0 spiro atoms. The third-order valence-corrected chi connectivity index (χ3v) is 3.02. The molecule has 1 aromatic heterocycles. The second-order valence-electron chi connectivity index (χ2n) is 4.53. The third-order valence-electron chi connectivity index (χ3n) is 3.02. The first-order chi connectivity index (χ1) is 10.3. The van der Waals surface area contributed by atoms with Crippen molar-refractivity contribution in [1.82, 2.24) is 10.3 Å². The number of fused-ring (bicyclic) bond motifs is 1. The monoisotopic (exact) mass is 282 g/mol. The molecule has 2 aromatic rings. The highest BCUT2D eigenvalue weighted by Gasteiger charge is 2.13. The molecule has 0 saturated heterocycles. The Kier molecular flexibility index (Phi) is 3.82. The van der Waals surface area contributed by atoms with Gasteiger partial charge in [-0.25, -0.2) is 0 Å². The van der Waals surface area contributed by atoms with E-state index in [4.69, 9.17) is 9.47 Å². The van der Waals surface area contributed by atoms with Crippen LogP contribution in [0.3, 0.4) is 0 Å². The number of benzene rings is 1. The van der Waals surface area contributed by atoms with Crippen LogP contribution in [0.25, 0.3) is 6.08 Å². The van der Waals surface area contributed by atoms with Crippen molar-refractivity contribution in [2.45, 2.75) is 6.54 Å². The van der Waals surface area contributed by atoms with Crippen LogP contribution in [0.15, 0.2) is 48.8 Å². The van der Waals surface area contributed by atoms with E-state index in [0.29, 0.717) is 12.3 Å². The minimum absolute atomic E-state index is 0.156. The van der Waals surface area contributed by atoms with E-state index in [1.807, 2.05) is 30.3 Å².